The van der Waals surface area contributed by atoms with Crippen molar-refractivity contribution in [2.45, 2.75) is 55.7 Å². The first-order valence-corrected chi connectivity index (χ1v) is 9.01. The van der Waals surface area contributed by atoms with Gasteiger partial charge in [0.15, 0.2) is 0 Å². The molecule has 0 aromatic carbocycles. The molecule has 1 aliphatic heterocycles. The molecule has 5 atom stereocenters. The van der Waals surface area contributed by atoms with Crippen molar-refractivity contribution < 1.29 is 47.5 Å². The minimum atomic E-state index is -4.88. The van der Waals surface area contributed by atoms with Gasteiger partial charge in [-0.25, -0.2) is 4.28 Å². The summed E-state index contributed by atoms with van der Waals surface area (Å²) in [6.07, 6.45) is -6.16. The van der Waals surface area contributed by atoms with Gasteiger partial charge in [0.1, 0.15) is 34.9 Å². The fourth-order valence-electron chi connectivity index (χ4n) is 1.85. The summed E-state index contributed by atoms with van der Waals surface area (Å²) < 4.78 is 38.9. The number of thioether (sulfide) groups is 1. The Bertz CT molecular complexity index is 543. The summed E-state index contributed by atoms with van der Waals surface area (Å²) in [5, 5.41) is 51.3. The molecular weight excluding hydrogens is 370 g/mol. The van der Waals surface area contributed by atoms with Crippen molar-refractivity contribution in [1.82, 2.24) is 0 Å². The molecule has 0 amide bonds. The van der Waals surface area contributed by atoms with E-state index in [9.17, 15) is 28.8 Å². The van der Waals surface area contributed by atoms with Crippen LogP contribution in [0.3, 0.4) is 0 Å². The Balaban J connectivity index is 2.95. The summed E-state index contributed by atoms with van der Waals surface area (Å²) in [5.41, 5.74) is -2.59. The summed E-state index contributed by atoms with van der Waals surface area (Å²) in [7, 11) is -4.88. The number of aliphatic hydroxyl groups excluding tert-OH is 4. The number of aliphatic hydroxyl groups is 5. The average molecular weight is 391 g/mol. The van der Waals surface area contributed by atoms with Crippen LogP contribution < -0.4 is 0 Å². The van der Waals surface area contributed by atoms with Gasteiger partial charge in [-0.05, 0) is 13.8 Å². The maximum atomic E-state index is 10.6. The zero-order chi connectivity index (χ0) is 18.7. The highest BCUT2D eigenvalue weighted by Crippen LogP contribution is 2.31. The minimum Gasteiger partial charge on any atom is -0.394 e. The predicted octanol–water partition coefficient (Wildman–Crippen LogP) is -2.19. The van der Waals surface area contributed by atoms with E-state index in [-0.39, 0.29) is 11.5 Å². The first-order valence-electron chi connectivity index (χ1n) is 6.76. The van der Waals surface area contributed by atoms with Crippen molar-refractivity contribution in [1.29, 1.82) is 0 Å². The van der Waals surface area contributed by atoms with Crippen LogP contribution in [0.25, 0.3) is 0 Å². The van der Waals surface area contributed by atoms with Crippen molar-refractivity contribution in [3.05, 3.63) is 0 Å². The molecule has 0 spiro atoms. The summed E-state index contributed by atoms with van der Waals surface area (Å²) in [6.45, 7) is 2.15. The largest absolute Gasteiger partial charge is 0.466 e. The molecule has 0 aromatic rings. The molecule has 1 rings (SSSR count). The molecule has 0 bridgehead atoms. The molecule has 142 valence electrons. The highest BCUT2D eigenvalue weighted by Gasteiger charge is 2.44. The van der Waals surface area contributed by atoms with Gasteiger partial charge in [-0.3, -0.25) is 4.55 Å². The van der Waals surface area contributed by atoms with Gasteiger partial charge in [0.25, 0.3) is 0 Å². The Morgan fingerprint density at radius 2 is 1.83 bits per heavy atom. The smallest absolute Gasteiger partial charge is 0.394 e. The van der Waals surface area contributed by atoms with E-state index < -0.39 is 52.5 Å². The van der Waals surface area contributed by atoms with Crippen LogP contribution >= 0.6 is 11.8 Å². The standard InChI is InChI=1S/C11H21NO10S2/c1-11(2,17)3-6(12-22-24(18,19)20)23-10-9(16)8(15)7(14)5(4-13)21-10/h5,7-10,13-17H,3-4H2,1-2H3,(H,18,19,20)/t5-,7+,8+,9-,10+/m1/s1. The monoisotopic (exact) mass is 391 g/mol. The molecule has 0 saturated carbocycles. The molecule has 1 heterocycles. The molecule has 0 aliphatic carbocycles. The highest BCUT2D eigenvalue weighted by atomic mass is 32.3. The van der Waals surface area contributed by atoms with Crippen LogP contribution in [0.15, 0.2) is 5.16 Å². The lowest BCUT2D eigenvalue weighted by atomic mass is 10.0. The number of hydrogen-bond acceptors (Lipinski definition) is 11. The van der Waals surface area contributed by atoms with Crippen molar-refractivity contribution in [3.63, 3.8) is 0 Å². The van der Waals surface area contributed by atoms with Crippen LogP contribution in [0.1, 0.15) is 20.3 Å². The van der Waals surface area contributed by atoms with Gasteiger partial charge in [-0.2, -0.15) is 8.42 Å². The molecule has 0 radical (unpaired) electrons. The van der Waals surface area contributed by atoms with E-state index in [1.54, 1.807) is 0 Å². The number of ether oxygens (including phenoxy) is 1. The van der Waals surface area contributed by atoms with E-state index in [0.29, 0.717) is 11.8 Å². The fraction of sp³-hybridized carbons (Fsp3) is 0.909. The summed E-state index contributed by atoms with van der Waals surface area (Å²) in [4.78, 5) is 0. The molecule has 1 aliphatic rings. The zero-order valence-electron chi connectivity index (χ0n) is 12.9. The van der Waals surface area contributed by atoms with Crippen LogP contribution in [-0.2, 0) is 19.4 Å². The molecule has 24 heavy (non-hydrogen) atoms. The molecule has 11 nitrogen and oxygen atoms in total. The Morgan fingerprint density at radius 1 is 1.25 bits per heavy atom. The zero-order valence-corrected chi connectivity index (χ0v) is 14.5. The topological polar surface area (TPSA) is 186 Å². The highest BCUT2D eigenvalue weighted by molar-refractivity contribution is 8.14. The Morgan fingerprint density at radius 3 is 2.29 bits per heavy atom. The van der Waals surface area contributed by atoms with E-state index in [4.69, 9.17) is 14.4 Å². The van der Waals surface area contributed by atoms with Gasteiger partial charge < -0.3 is 30.3 Å². The first-order chi connectivity index (χ1) is 10.8. The predicted molar refractivity (Wildman–Crippen MR) is 82.3 cm³/mol. The van der Waals surface area contributed by atoms with Crippen LogP contribution in [0.4, 0.5) is 0 Å². The maximum absolute atomic E-state index is 10.6. The Labute approximate surface area is 142 Å². The van der Waals surface area contributed by atoms with Gasteiger partial charge in [0.2, 0.25) is 0 Å². The normalized spacial score (nSPS) is 32.7. The second-order valence-electron chi connectivity index (χ2n) is 5.79. The second-order valence-corrected chi connectivity index (χ2v) is 7.97. The van der Waals surface area contributed by atoms with Crippen LogP contribution in [0.2, 0.25) is 0 Å². The van der Waals surface area contributed by atoms with Gasteiger partial charge >= 0.3 is 10.4 Å². The number of hydrogen-bond donors (Lipinski definition) is 6. The quantitative estimate of drug-likeness (QED) is 0.125. The van der Waals surface area contributed by atoms with Gasteiger partial charge in [0.05, 0.1) is 12.2 Å². The third-order valence-electron chi connectivity index (χ3n) is 2.92. The van der Waals surface area contributed by atoms with E-state index >= 15 is 0 Å². The molecular formula is C11H21NO10S2. The summed E-state index contributed by atoms with van der Waals surface area (Å²) >= 11 is 0.601. The second kappa shape index (κ2) is 8.25. The molecule has 6 N–H and O–H groups in total. The van der Waals surface area contributed by atoms with Crippen molar-refractivity contribution >= 4 is 27.2 Å². The van der Waals surface area contributed by atoms with E-state index in [1.807, 2.05) is 0 Å². The molecule has 1 fully saturated rings. The molecule has 0 unspecified atom stereocenters. The third-order valence-corrected chi connectivity index (χ3v) is 4.29. The fourth-order valence-corrected chi connectivity index (χ4v) is 3.37. The van der Waals surface area contributed by atoms with E-state index in [2.05, 4.69) is 9.44 Å². The SMILES string of the molecule is CC(C)(O)CC(=NOS(=O)(=O)O)S[C@@H]1O[C@H](CO)[C@H](O)[C@H](O)[C@H]1O. The average Bonchev–Trinajstić information content (AvgIpc) is 2.43. The van der Waals surface area contributed by atoms with Crippen molar-refractivity contribution in [2.75, 3.05) is 6.61 Å². The molecule has 1 saturated heterocycles. The van der Waals surface area contributed by atoms with Crippen molar-refractivity contribution in [2.24, 2.45) is 5.16 Å². The lowest BCUT2D eigenvalue weighted by Crippen LogP contribution is -2.57. The first kappa shape index (κ1) is 21.5. The Hall–Kier alpha value is -0.510. The number of nitrogens with zero attached hydrogens (tertiary/aromatic N) is 1. The van der Waals surface area contributed by atoms with Crippen LogP contribution in [0.5, 0.6) is 0 Å². The van der Waals surface area contributed by atoms with Crippen LogP contribution in [0, 0.1) is 0 Å². The lowest BCUT2D eigenvalue weighted by Gasteiger charge is -2.39. The lowest BCUT2D eigenvalue weighted by molar-refractivity contribution is -0.205. The van der Waals surface area contributed by atoms with Crippen molar-refractivity contribution in [3.8, 4) is 0 Å². The number of rotatable bonds is 6. The van der Waals surface area contributed by atoms with Gasteiger partial charge in [0, 0.05) is 6.42 Å². The summed E-state index contributed by atoms with van der Waals surface area (Å²) in [5.74, 6) is 0. The maximum Gasteiger partial charge on any atom is 0.466 e. The van der Waals surface area contributed by atoms with Crippen LogP contribution in [-0.4, -0.2) is 85.6 Å². The van der Waals surface area contributed by atoms with Gasteiger partial charge in [-0.15, -0.1) is 0 Å². The molecule has 0 aromatic heterocycles. The summed E-state index contributed by atoms with van der Waals surface area (Å²) in [6, 6.07) is 0. The van der Waals surface area contributed by atoms with Gasteiger partial charge in [-0.1, -0.05) is 16.9 Å². The third kappa shape index (κ3) is 6.78. The molecule has 13 heteroatoms. The van der Waals surface area contributed by atoms with E-state index in [0.717, 1.165) is 0 Å². The Kier molecular flexibility index (Phi) is 7.40. The van der Waals surface area contributed by atoms with E-state index in [1.165, 1.54) is 13.8 Å². The minimum absolute atomic E-state index is 0.176. The number of oxime groups is 1.